The highest BCUT2D eigenvalue weighted by Crippen LogP contribution is 2.21. The molecule has 7 heteroatoms. The number of halogens is 2. The molecule has 1 unspecified atom stereocenters. The average molecular weight is 294 g/mol. The zero-order valence-electron chi connectivity index (χ0n) is 11.6. The van der Waals surface area contributed by atoms with E-state index >= 15 is 0 Å². The van der Waals surface area contributed by atoms with Crippen molar-refractivity contribution in [2.75, 3.05) is 13.1 Å². The molecule has 1 aromatic heterocycles. The van der Waals surface area contributed by atoms with Crippen LogP contribution in [0.25, 0.3) is 0 Å². The van der Waals surface area contributed by atoms with Crippen LogP contribution in [0.5, 0.6) is 0 Å². The zero-order chi connectivity index (χ0) is 15.0. The molecule has 5 nitrogen and oxygen atoms in total. The van der Waals surface area contributed by atoms with Crippen molar-refractivity contribution in [3.05, 3.63) is 47.0 Å². The summed E-state index contributed by atoms with van der Waals surface area (Å²) in [5.41, 5.74) is 0.111. The molecule has 1 atom stereocenters. The lowest BCUT2D eigenvalue weighted by Gasteiger charge is -2.29. The zero-order valence-corrected chi connectivity index (χ0v) is 11.6. The first-order valence-corrected chi connectivity index (χ1v) is 6.78. The lowest BCUT2D eigenvalue weighted by Crippen LogP contribution is -2.37. The minimum absolute atomic E-state index is 0.111. The predicted molar refractivity (Wildman–Crippen MR) is 71.4 cm³/mol. The van der Waals surface area contributed by atoms with Crippen LogP contribution >= 0.6 is 0 Å². The summed E-state index contributed by atoms with van der Waals surface area (Å²) in [6.07, 6.45) is -0.999. The van der Waals surface area contributed by atoms with E-state index in [-0.39, 0.29) is 12.1 Å². The standard InChI is InChI=1S/C14H16F2N4O/c1-9-17-18-14-8-19(4-5-20(9)14)7-13(21)11-3-2-10(15)6-12(11)16/h2-3,6,13,21H,4-5,7-8H2,1H3. The van der Waals surface area contributed by atoms with Gasteiger partial charge >= 0.3 is 0 Å². The second-order valence-corrected chi connectivity index (χ2v) is 5.23. The van der Waals surface area contributed by atoms with Gasteiger partial charge in [-0.1, -0.05) is 6.07 Å². The number of aliphatic hydroxyl groups is 1. The molecule has 0 spiro atoms. The van der Waals surface area contributed by atoms with E-state index in [4.69, 9.17) is 0 Å². The minimum atomic E-state index is -0.999. The molecule has 0 saturated carbocycles. The summed E-state index contributed by atoms with van der Waals surface area (Å²) in [5, 5.41) is 18.2. The predicted octanol–water partition coefficient (Wildman–Crippen LogP) is 1.41. The summed E-state index contributed by atoms with van der Waals surface area (Å²) in [7, 11) is 0. The second-order valence-electron chi connectivity index (χ2n) is 5.23. The molecule has 1 aliphatic rings. The van der Waals surface area contributed by atoms with Gasteiger partial charge in [0, 0.05) is 31.3 Å². The Morgan fingerprint density at radius 2 is 2.10 bits per heavy atom. The summed E-state index contributed by atoms with van der Waals surface area (Å²) in [6, 6.07) is 3.22. The highest BCUT2D eigenvalue weighted by molar-refractivity contribution is 5.21. The highest BCUT2D eigenvalue weighted by Gasteiger charge is 2.23. The Bertz CT molecular complexity index is 658. The van der Waals surface area contributed by atoms with Gasteiger partial charge in [-0.05, 0) is 13.0 Å². The number of aliphatic hydroxyl groups excluding tert-OH is 1. The van der Waals surface area contributed by atoms with Crippen molar-refractivity contribution in [1.82, 2.24) is 19.7 Å². The largest absolute Gasteiger partial charge is 0.387 e. The molecule has 0 aliphatic carbocycles. The maximum Gasteiger partial charge on any atom is 0.147 e. The Balaban J connectivity index is 1.70. The number of aromatic nitrogens is 3. The van der Waals surface area contributed by atoms with Crippen molar-refractivity contribution in [3.8, 4) is 0 Å². The summed E-state index contributed by atoms with van der Waals surface area (Å²) >= 11 is 0. The van der Waals surface area contributed by atoms with E-state index in [1.54, 1.807) is 0 Å². The van der Waals surface area contributed by atoms with Crippen LogP contribution in [0.1, 0.15) is 23.3 Å². The number of hydrogen-bond donors (Lipinski definition) is 1. The molecule has 112 valence electrons. The van der Waals surface area contributed by atoms with E-state index in [0.717, 1.165) is 36.9 Å². The molecule has 0 fully saturated rings. The lowest BCUT2D eigenvalue weighted by atomic mass is 10.1. The van der Waals surface area contributed by atoms with Crippen molar-refractivity contribution >= 4 is 0 Å². The number of benzene rings is 1. The number of fused-ring (bicyclic) bond motifs is 1. The van der Waals surface area contributed by atoms with E-state index < -0.39 is 17.7 Å². The number of nitrogens with zero attached hydrogens (tertiary/aromatic N) is 4. The Kier molecular flexibility index (Phi) is 3.69. The Morgan fingerprint density at radius 1 is 1.29 bits per heavy atom. The van der Waals surface area contributed by atoms with Crippen molar-refractivity contribution < 1.29 is 13.9 Å². The van der Waals surface area contributed by atoms with Crippen LogP contribution in [0.3, 0.4) is 0 Å². The Morgan fingerprint density at radius 3 is 2.86 bits per heavy atom. The summed E-state index contributed by atoms with van der Waals surface area (Å²) < 4.78 is 28.6. The first kappa shape index (κ1) is 14.1. The van der Waals surface area contributed by atoms with Gasteiger partial charge < -0.3 is 9.67 Å². The third-order valence-electron chi connectivity index (χ3n) is 3.77. The van der Waals surface area contributed by atoms with Gasteiger partial charge in [-0.25, -0.2) is 8.78 Å². The van der Waals surface area contributed by atoms with E-state index in [2.05, 4.69) is 10.2 Å². The maximum absolute atomic E-state index is 13.7. The van der Waals surface area contributed by atoms with Gasteiger partial charge in [0.25, 0.3) is 0 Å². The quantitative estimate of drug-likeness (QED) is 0.930. The molecule has 1 aromatic carbocycles. The normalized spacial score (nSPS) is 16.8. The van der Waals surface area contributed by atoms with Crippen LogP contribution in [0.2, 0.25) is 0 Å². The molecule has 1 N–H and O–H groups in total. The van der Waals surface area contributed by atoms with Gasteiger partial charge in [0.15, 0.2) is 0 Å². The molecular formula is C14H16F2N4O. The first-order chi connectivity index (χ1) is 10.0. The van der Waals surface area contributed by atoms with E-state index in [1.165, 1.54) is 6.07 Å². The fourth-order valence-electron chi connectivity index (χ4n) is 2.62. The summed E-state index contributed by atoms with van der Waals surface area (Å²) in [5.74, 6) is 0.337. The molecule has 0 amide bonds. The first-order valence-electron chi connectivity index (χ1n) is 6.78. The fraction of sp³-hybridized carbons (Fsp3) is 0.429. The number of rotatable bonds is 3. The van der Waals surface area contributed by atoms with Gasteiger partial charge in [0.1, 0.15) is 23.3 Å². The molecular weight excluding hydrogens is 278 g/mol. The fourth-order valence-corrected chi connectivity index (χ4v) is 2.62. The molecule has 3 rings (SSSR count). The average Bonchev–Trinajstić information content (AvgIpc) is 2.80. The second kappa shape index (κ2) is 5.50. The SMILES string of the molecule is Cc1nnc2n1CCN(CC(O)c1ccc(F)cc1F)C2. The van der Waals surface area contributed by atoms with E-state index in [1.807, 2.05) is 16.4 Å². The topological polar surface area (TPSA) is 54.2 Å². The van der Waals surface area contributed by atoms with Crippen LogP contribution in [-0.4, -0.2) is 37.9 Å². The van der Waals surface area contributed by atoms with E-state index in [9.17, 15) is 13.9 Å². The molecule has 0 radical (unpaired) electrons. The Labute approximate surface area is 120 Å². The molecule has 0 bridgehead atoms. The third kappa shape index (κ3) is 2.79. The van der Waals surface area contributed by atoms with Crippen LogP contribution < -0.4 is 0 Å². The maximum atomic E-state index is 13.7. The summed E-state index contributed by atoms with van der Waals surface area (Å²) in [4.78, 5) is 1.98. The highest BCUT2D eigenvalue weighted by atomic mass is 19.1. The molecule has 2 aromatic rings. The number of hydrogen-bond acceptors (Lipinski definition) is 4. The molecule has 21 heavy (non-hydrogen) atoms. The van der Waals surface area contributed by atoms with Crippen LogP contribution in [0.15, 0.2) is 18.2 Å². The van der Waals surface area contributed by atoms with Gasteiger partial charge in [-0.2, -0.15) is 0 Å². The van der Waals surface area contributed by atoms with Gasteiger partial charge in [-0.15, -0.1) is 10.2 Å². The lowest BCUT2D eigenvalue weighted by molar-refractivity contribution is 0.0934. The summed E-state index contributed by atoms with van der Waals surface area (Å²) in [6.45, 7) is 4.20. The van der Waals surface area contributed by atoms with Crippen molar-refractivity contribution in [3.63, 3.8) is 0 Å². The number of β-amino-alcohol motifs (C(OH)–C–C–N with tert-alkyl or cyclic N) is 1. The van der Waals surface area contributed by atoms with Gasteiger partial charge in [0.2, 0.25) is 0 Å². The molecule has 2 heterocycles. The Hall–Kier alpha value is -1.86. The number of aryl methyl sites for hydroxylation is 1. The third-order valence-corrected chi connectivity index (χ3v) is 3.77. The van der Waals surface area contributed by atoms with Crippen LogP contribution in [-0.2, 0) is 13.1 Å². The van der Waals surface area contributed by atoms with Gasteiger partial charge in [0.05, 0.1) is 12.6 Å². The molecule has 0 saturated heterocycles. The monoisotopic (exact) mass is 294 g/mol. The minimum Gasteiger partial charge on any atom is -0.387 e. The van der Waals surface area contributed by atoms with Crippen molar-refractivity contribution in [2.45, 2.75) is 26.1 Å². The van der Waals surface area contributed by atoms with Crippen molar-refractivity contribution in [1.29, 1.82) is 0 Å². The van der Waals surface area contributed by atoms with Crippen molar-refractivity contribution in [2.24, 2.45) is 0 Å². The smallest absolute Gasteiger partial charge is 0.147 e. The van der Waals surface area contributed by atoms with Gasteiger partial charge in [-0.3, -0.25) is 4.90 Å². The van der Waals surface area contributed by atoms with Crippen LogP contribution in [0.4, 0.5) is 8.78 Å². The van der Waals surface area contributed by atoms with E-state index in [0.29, 0.717) is 6.54 Å². The van der Waals surface area contributed by atoms with Crippen LogP contribution in [0, 0.1) is 18.6 Å². The molecule has 1 aliphatic heterocycles.